The molecule has 0 spiro atoms. The zero-order chi connectivity index (χ0) is 14.1. The van der Waals surface area contributed by atoms with Crippen molar-refractivity contribution in [2.75, 3.05) is 13.6 Å². The first-order chi connectivity index (χ1) is 9.65. The molecule has 0 N–H and O–H groups in total. The zero-order valence-electron chi connectivity index (χ0n) is 11.9. The molecular formula is C15H19N3O2. The van der Waals surface area contributed by atoms with Gasteiger partial charge in [-0.05, 0) is 25.3 Å². The van der Waals surface area contributed by atoms with Gasteiger partial charge in [-0.3, -0.25) is 4.79 Å². The summed E-state index contributed by atoms with van der Waals surface area (Å²) < 4.78 is 7.46. The second-order valence-corrected chi connectivity index (χ2v) is 5.51. The first kappa shape index (κ1) is 13.0. The zero-order valence-corrected chi connectivity index (χ0v) is 11.9. The molecule has 0 saturated heterocycles. The Morgan fingerprint density at radius 2 is 2.45 bits per heavy atom. The minimum absolute atomic E-state index is 0.0404. The molecule has 3 heterocycles. The van der Waals surface area contributed by atoms with Gasteiger partial charge in [0.2, 0.25) is 0 Å². The lowest BCUT2D eigenvalue weighted by Gasteiger charge is -2.27. The van der Waals surface area contributed by atoms with Crippen LogP contribution in [0.1, 0.15) is 28.4 Å². The smallest absolute Gasteiger partial charge is 0.289 e. The molecule has 2 aromatic heterocycles. The highest BCUT2D eigenvalue weighted by Crippen LogP contribution is 2.21. The molecule has 0 aliphatic carbocycles. The first-order valence-corrected chi connectivity index (χ1v) is 6.94. The number of carbonyl (C=O) groups excluding carboxylic acids is 1. The van der Waals surface area contributed by atoms with Crippen LogP contribution >= 0.6 is 0 Å². The van der Waals surface area contributed by atoms with Gasteiger partial charge in [0, 0.05) is 44.5 Å². The van der Waals surface area contributed by atoms with Crippen LogP contribution in [-0.4, -0.2) is 34.0 Å². The van der Waals surface area contributed by atoms with Crippen molar-refractivity contribution in [3.8, 4) is 0 Å². The molecule has 1 unspecified atom stereocenters. The maximum atomic E-state index is 12.3. The fraction of sp³-hybridized carbons (Fsp3) is 0.467. The second-order valence-electron chi connectivity index (χ2n) is 5.51. The molecule has 1 atom stereocenters. The lowest BCUT2D eigenvalue weighted by Crippen LogP contribution is -2.35. The maximum Gasteiger partial charge on any atom is 0.289 e. The van der Waals surface area contributed by atoms with E-state index in [1.807, 2.05) is 32.4 Å². The summed E-state index contributed by atoms with van der Waals surface area (Å²) in [7, 11) is 1.84. The normalized spacial score (nSPS) is 17.8. The Bertz CT molecular complexity index is 614. The van der Waals surface area contributed by atoms with Crippen LogP contribution in [0.25, 0.3) is 0 Å². The Morgan fingerprint density at radius 1 is 1.60 bits per heavy atom. The van der Waals surface area contributed by atoms with Crippen LogP contribution in [0.15, 0.2) is 29.1 Å². The Labute approximate surface area is 118 Å². The van der Waals surface area contributed by atoms with E-state index in [4.69, 9.17) is 4.42 Å². The van der Waals surface area contributed by atoms with E-state index in [2.05, 4.69) is 9.55 Å². The largest absolute Gasteiger partial charge is 0.459 e. The van der Waals surface area contributed by atoms with Crippen LogP contribution in [0.4, 0.5) is 0 Å². The van der Waals surface area contributed by atoms with Crippen LogP contribution < -0.4 is 0 Å². The number of aromatic nitrogens is 2. The molecule has 0 fully saturated rings. The number of nitrogens with zero attached hydrogens (tertiary/aromatic N) is 3. The molecule has 5 heteroatoms. The molecule has 1 aliphatic rings. The molecule has 0 radical (unpaired) electrons. The van der Waals surface area contributed by atoms with E-state index < -0.39 is 0 Å². The van der Waals surface area contributed by atoms with Crippen LogP contribution in [0.2, 0.25) is 0 Å². The molecule has 20 heavy (non-hydrogen) atoms. The number of aryl methyl sites for hydroxylation is 2. The van der Waals surface area contributed by atoms with Gasteiger partial charge in [-0.1, -0.05) is 0 Å². The summed E-state index contributed by atoms with van der Waals surface area (Å²) in [6.45, 7) is 3.62. The monoisotopic (exact) mass is 273 g/mol. The summed E-state index contributed by atoms with van der Waals surface area (Å²) in [5.74, 6) is 2.00. The highest BCUT2D eigenvalue weighted by atomic mass is 16.3. The topological polar surface area (TPSA) is 51.3 Å². The quantitative estimate of drug-likeness (QED) is 0.860. The molecule has 0 bridgehead atoms. The van der Waals surface area contributed by atoms with Crippen molar-refractivity contribution in [1.29, 1.82) is 0 Å². The predicted molar refractivity (Wildman–Crippen MR) is 74.4 cm³/mol. The van der Waals surface area contributed by atoms with Crippen molar-refractivity contribution in [1.82, 2.24) is 14.5 Å². The number of imidazole rings is 1. The molecule has 1 aliphatic heterocycles. The van der Waals surface area contributed by atoms with E-state index >= 15 is 0 Å². The van der Waals surface area contributed by atoms with Crippen molar-refractivity contribution in [2.45, 2.75) is 26.3 Å². The van der Waals surface area contributed by atoms with Gasteiger partial charge >= 0.3 is 0 Å². The number of furan rings is 1. The van der Waals surface area contributed by atoms with Gasteiger partial charge in [-0.15, -0.1) is 0 Å². The molecule has 2 aromatic rings. The number of amides is 1. The highest BCUT2D eigenvalue weighted by Gasteiger charge is 2.24. The maximum absolute atomic E-state index is 12.3. The number of carbonyl (C=O) groups is 1. The van der Waals surface area contributed by atoms with E-state index in [-0.39, 0.29) is 5.91 Å². The van der Waals surface area contributed by atoms with E-state index in [0.717, 1.165) is 37.3 Å². The fourth-order valence-electron chi connectivity index (χ4n) is 2.81. The number of hydrogen-bond donors (Lipinski definition) is 0. The van der Waals surface area contributed by atoms with Crippen molar-refractivity contribution < 1.29 is 9.21 Å². The molecule has 0 saturated carbocycles. The van der Waals surface area contributed by atoms with Gasteiger partial charge in [-0.25, -0.2) is 4.98 Å². The van der Waals surface area contributed by atoms with Gasteiger partial charge in [0.1, 0.15) is 5.82 Å². The van der Waals surface area contributed by atoms with Crippen LogP contribution in [0.3, 0.4) is 0 Å². The summed E-state index contributed by atoms with van der Waals surface area (Å²) in [5.41, 5.74) is 0.890. The number of rotatable bonds is 3. The number of fused-ring (bicyclic) bond motifs is 1. The summed E-state index contributed by atoms with van der Waals surface area (Å²) in [5, 5.41) is 0. The molecule has 106 valence electrons. The molecule has 1 amide bonds. The number of hydrogen-bond acceptors (Lipinski definition) is 3. The predicted octanol–water partition coefficient (Wildman–Crippen LogP) is 2.12. The Morgan fingerprint density at radius 3 is 3.20 bits per heavy atom. The molecule has 5 nitrogen and oxygen atoms in total. The van der Waals surface area contributed by atoms with E-state index in [9.17, 15) is 4.79 Å². The van der Waals surface area contributed by atoms with Gasteiger partial charge in [0.05, 0.1) is 6.26 Å². The third-order valence-electron chi connectivity index (χ3n) is 3.99. The summed E-state index contributed by atoms with van der Waals surface area (Å²) in [6, 6.07) is 1.82. The van der Waals surface area contributed by atoms with Crippen LogP contribution in [0, 0.1) is 12.8 Å². The van der Waals surface area contributed by atoms with Crippen molar-refractivity contribution in [2.24, 2.45) is 5.92 Å². The SMILES string of the molecule is Cc1ccoc1C(=O)N(C)CC1CCn2ccnc2C1. The van der Waals surface area contributed by atoms with Crippen molar-refractivity contribution in [3.05, 3.63) is 41.9 Å². The lowest BCUT2D eigenvalue weighted by molar-refractivity contribution is 0.0731. The Kier molecular flexibility index (Phi) is 3.34. The van der Waals surface area contributed by atoms with Crippen LogP contribution in [0.5, 0.6) is 0 Å². The van der Waals surface area contributed by atoms with Crippen molar-refractivity contribution >= 4 is 5.91 Å². The average Bonchev–Trinajstić information content (AvgIpc) is 3.05. The summed E-state index contributed by atoms with van der Waals surface area (Å²) >= 11 is 0. The summed E-state index contributed by atoms with van der Waals surface area (Å²) in [4.78, 5) is 18.4. The van der Waals surface area contributed by atoms with Gasteiger partial charge in [0.25, 0.3) is 5.91 Å². The van der Waals surface area contributed by atoms with Crippen LogP contribution in [-0.2, 0) is 13.0 Å². The van der Waals surface area contributed by atoms with E-state index in [1.165, 1.54) is 0 Å². The van der Waals surface area contributed by atoms with E-state index in [0.29, 0.717) is 11.7 Å². The van der Waals surface area contributed by atoms with Gasteiger partial charge in [-0.2, -0.15) is 0 Å². The minimum atomic E-state index is -0.0404. The minimum Gasteiger partial charge on any atom is -0.459 e. The van der Waals surface area contributed by atoms with E-state index in [1.54, 1.807) is 11.2 Å². The second kappa shape index (κ2) is 5.15. The Hall–Kier alpha value is -2.04. The average molecular weight is 273 g/mol. The highest BCUT2D eigenvalue weighted by molar-refractivity contribution is 5.92. The molecule has 3 rings (SSSR count). The molecule has 0 aromatic carbocycles. The van der Waals surface area contributed by atoms with Gasteiger partial charge < -0.3 is 13.9 Å². The Balaban J connectivity index is 1.64. The first-order valence-electron chi connectivity index (χ1n) is 6.94. The third-order valence-corrected chi connectivity index (χ3v) is 3.99. The molecular weight excluding hydrogens is 254 g/mol. The van der Waals surface area contributed by atoms with Crippen molar-refractivity contribution in [3.63, 3.8) is 0 Å². The lowest BCUT2D eigenvalue weighted by atomic mass is 9.97. The fourth-order valence-corrected chi connectivity index (χ4v) is 2.81. The standard InChI is InChI=1S/C15H19N3O2/c1-11-4-8-20-14(11)15(19)17(2)10-12-3-6-18-7-5-16-13(18)9-12/h4-5,7-8,12H,3,6,9-10H2,1-2H3. The third kappa shape index (κ3) is 2.35. The van der Waals surface area contributed by atoms with Gasteiger partial charge in [0.15, 0.2) is 5.76 Å². The summed E-state index contributed by atoms with van der Waals surface area (Å²) in [6.07, 6.45) is 7.44.